The third kappa shape index (κ3) is 11.2. The Kier molecular flexibility index (Phi) is 8.52. The van der Waals surface area contributed by atoms with E-state index in [9.17, 15) is 19.2 Å². The van der Waals surface area contributed by atoms with Gasteiger partial charge in [0.05, 0.1) is 6.42 Å². The minimum absolute atomic E-state index is 0.467. The number of amides is 3. The van der Waals surface area contributed by atoms with Crippen molar-refractivity contribution in [1.82, 2.24) is 10.6 Å². The van der Waals surface area contributed by atoms with Gasteiger partial charge >= 0.3 is 12.1 Å². The summed E-state index contributed by atoms with van der Waals surface area (Å²) in [4.78, 5) is 56.5. The number of hydrogen-bond acceptors (Lipinski definition) is 7. The van der Waals surface area contributed by atoms with Crippen LogP contribution in [0.3, 0.4) is 0 Å². The fourth-order valence-corrected chi connectivity index (χ4v) is 1.47. The highest BCUT2D eigenvalue weighted by Crippen LogP contribution is 2.09. The average Bonchev–Trinajstić information content (AvgIpc) is 2.40. The third-order valence-corrected chi connectivity index (χ3v) is 2.50. The van der Waals surface area contributed by atoms with Crippen LogP contribution in [-0.2, 0) is 28.9 Å². The number of nitrogens with two attached hydrogens (primary N) is 1. The van der Waals surface area contributed by atoms with Gasteiger partial charge in [0.2, 0.25) is 11.8 Å². The van der Waals surface area contributed by atoms with E-state index in [1.807, 2.05) is 0 Å². The predicted octanol–water partition coefficient (Wildman–Crippen LogP) is 0.533. The Morgan fingerprint density at radius 3 is 1.92 bits per heavy atom. The molecule has 0 heterocycles. The number of rotatable bonds is 7. The molecule has 0 aromatic heterocycles. The lowest BCUT2D eigenvalue weighted by molar-refractivity contribution is -0.321. The van der Waals surface area contributed by atoms with Gasteiger partial charge in [0.1, 0.15) is 23.3 Å². The van der Waals surface area contributed by atoms with Crippen LogP contribution >= 0.6 is 0 Å². The molecule has 0 spiro atoms. The molecule has 10 heteroatoms. The van der Waals surface area contributed by atoms with Crippen molar-refractivity contribution in [2.75, 3.05) is 0 Å². The minimum Gasteiger partial charge on any atom is -0.444 e. The molecule has 150 valence electrons. The van der Waals surface area contributed by atoms with Gasteiger partial charge in [-0.25, -0.2) is 9.59 Å². The Bertz CT molecular complexity index is 535. The van der Waals surface area contributed by atoms with Gasteiger partial charge in [-0.15, -0.1) is 0 Å². The molecular formula is C16H29N3O7. The third-order valence-electron chi connectivity index (χ3n) is 2.50. The van der Waals surface area contributed by atoms with Crippen LogP contribution in [0.15, 0.2) is 0 Å². The Hall–Kier alpha value is -2.36. The first kappa shape index (κ1) is 23.6. The van der Waals surface area contributed by atoms with Crippen LogP contribution in [0.4, 0.5) is 4.79 Å². The molecule has 26 heavy (non-hydrogen) atoms. The highest BCUT2D eigenvalue weighted by Gasteiger charge is 2.29. The summed E-state index contributed by atoms with van der Waals surface area (Å²) in [6, 6.07) is -2.39. The van der Waals surface area contributed by atoms with E-state index in [0.29, 0.717) is 0 Å². The fraction of sp³-hybridized carbons (Fsp3) is 0.750. The molecule has 4 N–H and O–H groups in total. The number of carbonyl (C=O) groups is 4. The van der Waals surface area contributed by atoms with Crippen LogP contribution in [0.2, 0.25) is 0 Å². The molecule has 2 atom stereocenters. The molecule has 0 aromatic rings. The number of primary amides is 1. The molecule has 0 saturated carbocycles. The molecule has 10 nitrogen and oxygen atoms in total. The van der Waals surface area contributed by atoms with Gasteiger partial charge in [0, 0.05) is 0 Å². The van der Waals surface area contributed by atoms with Crippen LogP contribution in [-0.4, -0.2) is 47.2 Å². The van der Waals surface area contributed by atoms with Gasteiger partial charge in [-0.3, -0.25) is 14.5 Å². The number of alkyl carbamates (subject to hydrolysis) is 1. The molecule has 0 unspecified atom stereocenters. The summed E-state index contributed by atoms with van der Waals surface area (Å²) in [5, 5.41) is 4.57. The van der Waals surface area contributed by atoms with Crippen molar-refractivity contribution in [2.45, 2.75) is 78.2 Å². The van der Waals surface area contributed by atoms with E-state index in [1.165, 1.54) is 6.92 Å². The first-order valence-corrected chi connectivity index (χ1v) is 8.08. The summed E-state index contributed by atoms with van der Waals surface area (Å²) < 4.78 is 5.03. The molecule has 0 radical (unpaired) electrons. The molecular weight excluding hydrogens is 346 g/mol. The van der Waals surface area contributed by atoms with Crippen molar-refractivity contribution in [3.05, 3.63) is 0 Å². The second kappa shape index (κ2) is 9.37. The minimum atomic E-state index is -1.30. The molecule has 0 bridgehead atoms. The number of hydrogen-bond donors (Lipinski definition) is 3. The lowest BCUT2D eigenvalue weighted by Crippen LogP contribution is -2.53. The van der Waals surface area contributed by atoms with Crippen LogP contribution < -0.4 is 16.4 Å². The smallest absolute Gasteiger partial charge is 0.408 e. The summed E-state index contributed by atoms with van der Waals surface area (Å²) >= 11 is 0. The predicted molar refractivity (Wildman–Crippen MR) is 91.5 cm³/mol. The lowest BCUT2D eigenvalue weighted by Gasteiger charge is -2.24. The first-order chi connectivity index (χ1) is 11.6. The van der Waals surface area contributed by atoms with Crippen molar-refractivity contribution in [3.63, 3.8) is 0 Å². The summed E-state index contributed by atoms with van der Waals surface area (Å²) in [6.45, 7) is 11.3. The van der Waals surface area contributed by atoms with E-state index < -0.39 is 53.6 Å². The van der Waals surface area contributed by atoms with Gasteiger partial charge < -0.3 is 21.1 Å². The maximum absolute atomic E-state index is 12.3. The molecule has 0 fully saturated rings. The maximum Gasteiger partial charge on any atom is 0.408 e. The summed E-state index contributed by atoms with van der Waals surface area (Å²) in [5.74, 6) is -2.45. The highest BCUT2D eigenvalue weighted by molar-refractivity contribution is 5.92. The van der Waals surface area contributed by atoms with E-state index >= 15 is 0 Å². The van der Waals surface area contributed by atoms with Crippen LogP contribution in [0, 0.1) is 0 Å². The SMILES string of the molecule is C[C@H](NC(=O)[C@H](CC(N)=O)NC(=O)OC(C)(C)C)C(=O)OOC(C)(C)C. The second-order valence-corrected chi connectivity index (χ2v) is 7.70. The van der Waals surface area contributed by atoms with E-state index in [0.717, 1.165) is 0 Å². The van der Waals surface area contributed by atoms with Gasteiger partial charge in [-0.2, -0.15) is 4.89 Å². The zero-order chi connectivity index (χ0) is 20.7. The Labute approximate surface area is 153 Å². The molecule has 3 amide bonds. The topological polar surface area (TPSA) is 146 Å². The van der Waals surface area contributed by atoms with E-state index in [-0.39, 0.29) is 0 Å². The van der Waals surface area contributed by atoms with Crippen molar-refractivity contribution >= 4 is 23.9 Å². The zero-order valence-corrected chi connectivity index (χ0v) is 16.3. The van der Waals surface area contributed by atoms with Crippen molar-refractivity contribution in [1.29, 1.82) is 0 Å². The maximum atomic E-state index is 12.3. The Morgan fingerprint density at radius 1 is 0.962 bits per heavy atom. The Balaban J connectivity index is 4.84. The molecule has 0 saturated heterocycles. The van der Waals surface area contributed by atoms with Crippen molar-refractivity contribution in [2.24, 2.45) is 5.73 Å². The highest BCUT2D eigenvalue weighted by atomic mass is 17.2. The molecule has 0 aliphatic rings. The monoisotopic (exact) mass is 375 g/mol. The quantitative estimate of drug-likeness (QED) is 0.434. The van der Waals surface area contributed by atoms with E-state index in [1.54, 1.807) is 41.5 Å². The largest absolute Gasteiger partial charge is 0.444 e. The lowest BCUT2D eigenvalue weighted by atomic mass is 10.1. The number of nitrogens with one attached hydrogen (secondary N) is 2. The van der Waals surface area contributed by atoms with E-state index in [4.69, 9.17) is 15.4 Å². The number of ether oxygens (including phenoxy) is 1. The zero-order valence-electron chi connectivity index (χ0n) is 16.3. The first-order valence-electron chi connectivity index (χ1n) is 8.08. The molecule has 0 rings (SSSR count). The Morgan fingerprint density at radius 2 is 1.50 bits per heavy atom. The van der Waals surface area contributed by atoms with Gasteiger partial charge in [-0.05, 0) is 48.5 Å². The molecule has 0 aliphatic carbocycles. The van der Waals surface area contributed by atoms with Gasteiger partial charge in [0.15, 0.2) is 0 Å². The second-order valence-electron chi connectivity index (χ2n) is 7.70. The van der Waals surface area contributed by atoms with Crippen LogP contribution in [0.1, 0.15) is 54.9 Å². The van der Waals surface area contributed by atoms with Crippen molar-refractivity contribution < 1.29 is 33.7 Å². The number of carbonyl (C=O) groups excluding carboxylic acids is 4. The molecule has 0 aromatic carbocycles. The van der Waals surface area contributed by atoms with Crippen LogP contribution in [0.5, 0.6) is 0 Å². The fourth-order valence-electron chi connectivity index (χ4n) is 1.47. The van der Waals surface area contributed by atoms with E-state index in [2.05, 4.69) is 15.5 Å². The summed E-state index contributed by atoms with van der Waals surface area (Å²) in [6.07, 6.45) is -1.36. The van der Waals surface area contributed by atoms with Gasteiger partial charge in [-0.1, -0.05) is 0 Å². The standard InChI is InChI=1S/C16H29N3O7/c1-9(13(22)25-26-16(5,6)7)18-12(21)10(8-11(17)20)19-14(23)24-15(2,3)4/h9-10H,8H2,1-7H3,(H2,17,20)(H,18,21)(H,19,23)/t9-,10-/m0/s1. The summed E-state index contributed by atoms with van der Waals surface area (Å²) in [7, 11) is 0. The molecule has 0 aliphatic heterocycles. The average molecular weight is 375 g/mol. The van der Waals surface area contributed by atoms with Gasteiger partial charge in [0.25, 0.3) is 0 Å². The van der Waals surface area contributed by atoms with Crippen LogP contribution in [0.25, 0.3) is 0 Å². The normalized spacial score (nSPS) is 14.0. The summed E-state index contributed by atoms with van der Waals surface area (Å²) in [5.41, 5.74) is 3.59. The van der Waals surface area contributed by atoms with Crippen molar-refractivity contribution in [3.8, 4) is 0 Å².